The van der Waals surface area contributed by atoms with Crippen molar-refractivity contribution in [3.8, 4) is 0 Å². The van der Waals surface area contributed by atoms with Crippen LogP contribution in [0.2, 0.25) is 0 Å². The van der Waals surface area contributed by atoms with E-state index in [1.54, 1.807) is 6.92 Å². The van der Waals surface area contributed by atoms with E-state index in [4.69, 9.17) is 27.9 Å². The second-order valence-electron chi connectivity index (χ2n) is 5.62. The van der Waals surface area contributed by atoms with E-state index in [1.807, 2.05) is 0 Å². The van der Waals surface area contributed by atoms with Gasteiger partial charge in [0.1, 0.15) is 5.78 Å². The number of Topliss-reactive ketones (excluding diaryl/α,β-unsaturated/α-hetero) is 1. The Balaban J connectivity index is 0.000000980. The molecule has 1 rings (SSSR count). The SMILES string of the molecule is CC(=O)C1CN(C)CCN(C)CCN(C)CC[N-]1.[Cl][Ti+]([Cl])[Cl]. The average Bonchev–Trinajstić information content (AvgIpc) is 2.39. The van der Waals surface area contributed by atoms with Crippen LogP contribution in [0.25, 0.3) is 5.32 Å². The molecule has 0 bridgehead atoms. The Kier molecular flexibility index (Phi) is 14.1. The van der Waals surface area contributed by atoms with Crippen molar-refractivity contribution in [1.82, 2.24) is 14.7 Å². The van der Waals surface area contributed by atoms with E-state index >= 15 is 0 Å². The summed E-state index contributed by atoms with van der Waals surface area (Å²) in [4.78, 5) is 18.4. The summed E-state index contributed by atoms with van der Waals surface area (Å²) < 4.78 is 0. The Morgan fingerprint density at radius 1 is 0.955 bits per heavy atom. The van der Waals surface area contributed by atoms with Crippen LogP contribution in [0.3, 0.4) is 0 Å². The van der Waals surface area contributed by atoms with E-state index in [-0.39, 0.29) is 11.8 Å². The van der Waals surface area contributed by atoms with Crippen molar-refractivity contribution >= 4 is 33.7 Å². The van der Waals surface area contributed by atoms with Gasteiger partial charge in [0.25, 0.3) is 0 Å². The summed E-state index contributed by atoms with van der Waals surface area (Å²) in [6.45, 7) is 8.23. The average molecular weight is 410 g/mol. The predicted molar refractivity (Wildman–Crippen MR) is 92.7 cm³/mol. The second-order valence-corrected chi connectivity index (χ2v) is 13.4. The molecule has 1 aliphatic rings. The number of hydrogen-bond donors (Lipinski definition) is 0. The molecule has 0 aliphatic carbocycles. The summed E-state index contributed by atoms with van der Waals surface area (Å²) in [6.07, 6.45) is 0. The number of hydrogen-bond acceptors (Lipinski definition) is 4. The van der Waals surface area contributed by atoms with Gasteiger partial charge in [-0.3, -0.25) is 0 Å². The number of likely N-dealkylation sites (N-methyl/N-ethyl adjacent to an activating group) is 3. The van der Waals surface area contributed by atoms with Crippen molar-refractivity contribution in [1.29, 1.82) is 0 Å². The Labute approximate surface area is 152 Å². The molecule has 5 nitrogen and oxygen atoms in total. The van der Waals surface area contributed by atoms with Gasteiger partial charge in [0.15, 0.2) is 0 Å². The van der Waals surface area contributed by atoms with Crippen LogP contribution in [-0.4, -0.2) is 93.5 Å². The molecule has 0 saturated carbocycles. The first kappa shape index (κ1) is 23.1. The Bertz CT molecular complexity index is 310. The minimum atomic E-state index is -1.92. The van der Waals surface area contributed by atoms with Crippen molar-refractivity contribution in [3.63, 3.8) is 0 Å². The molecule has 0 radical (unpaired) electrons. The van der Waals surface area contributed by atoms with Crippen molar-refractivity contribution in [3.05, 3.63) is 5.32 Å². The topological polar surface area (TPSA) is 40.9 Å². The van der Waals surface area contributed by atoms with Gasteiger partial charge in [-0.25, -0.2) is 0 Å². The van der Waals surface area contributed by atoms with Crippen LogP contribution >= 0.6 is 27.9 Å². The van der Waals surface area contributed by atoms with Crippen LogP contribution in [0, 0.1) is 0 Å². The number of halogens is 3. The van der Waals surface area contributed by atoms with Gasteiger partial charge in [-0.2, -0.15) is 0 Å². The number of carbonyl (C=O) groups is 1. The molecule has 9 heteroatoms. The first-order chi connectivity index (χ1) is 10.2. The van der Waals surface area contributed by atoms with E-state index in [0.29, 0.717) is 0 Å². The molecule has 1 unspecified atom stereocenters. The molecule has 22 heavy (non-hydrogen) atoms. The van der Waals surface area contributed by atoms with E-state index in [2.05, 4.69) is 41.2 Å². The molecule has 1 heterocycles. The first-order valence-corrected chi connectivity index (χ1v) is 13.7. The zero-order valence-electron chi connectivity index (χ0n) is 13.9. The fourth-order valence-electron chi connectivity index (χ4n) is 1.99. The molecular weight excluding hydrogens is 382 g/mol. The van der Waals surface area contributed by atoms with Gasteiger partial charge >= 0.3 is 42.6 Å². The van der Waals surface area contributed by atoms with Crippen LogP contribution in [0.15, 0.2) is 0 Å². The van der Waals surface area contributed by atoms with Crippen LogP contribution in [-0.2, 0) is 19.5 Å². The molecule has 1 atom stereocenters. The van der Waals surface area contributed by atoms with Crippen molar-refractivity contribution in [2.24, 2.45) is 0 Å². The van der Waals surface area contributed by atoms with Gasteiger partial charge in [-0.05, 0) is 41.2 Å². The number of carbonyl (C=O) groups excluding carboxylic acids is 1. The summed E-state index contributed by atoms with van der Waals surface area (Å²) in [5.41, 5.74) is 0. The fraction of sp³-hybridized carbons (Fsp3) is 0.923. The van der Waals surface area contributed by atoms with E-state index in [0.717, 1.165) is 45.8 Å². The zero-order chi connectivity index (χ0) is 17.1. The summed E-state index contributed by atoms with van der Waals surface area (Å²) in [5, 5.41) is 4.53. The summed E-state index contributed by atoms with van der Waals surface area (Å²) in [5.74, 6) is 0.176. The molecule has 0 amide bonds. The van der Waals surface area contributed by atoms with Gasteiger partial charge in [0.2, 0.25) is 0 Å². The first-order valence-electron chi connectivity index (χ1n) is 7.28. The van der Waals surface area contributed by atoms with Gasteiger partial charge in [0.05, 0.1) is 0 Å². The molecule has 1 saturated heterocycles. The van der Waals surface area contributed by atoms with Crippen molar-refractivity contribution in [2.75, 3.05) is 67.0 Å². The summed E-state index contributed by atoms with van der Waals surface area (Å²) in [6, 6.07) is -0.159. The molecular formula is C13H27Cl3N4OTi. The Morgan fingerprint density at radius 2 is 1.36 bits per heavy atom. The minimum absolute atomic E-state index is 0.159. The maximum atomic E-state index is 11.6. The molecule has 0 spiro atoms. The van der Waals surface area contributed by atoms with E-state index in [9.17, 15) is 4.79 Å². The quantitative estimate of drug-likeness (QED) is 0.623. The molecule has 0 aromatic heterocycles. The molecule has 1 fully saturated rings. The standard InChI is InChI=1S/C13H27N4O.3ClH.Ti/c1-12(18)13-11-17(4)10-9-16(3)8-7-15(2)6-5-14-13;;;;/h13H,5-11H2,1-4H3;3*1H;/q-1;;;;+4/p-3. The third kappa shape index (κ3) is 13.5. The molecule has 130 valence electrons. The van der Waals surface area contributed by atoms with Gasteiger partial charge < -0.3 is 24.8 Å². The van der Waals surface area contributed by atoms with Crippen molar-refractivity contribution < 1.29 is 19.5 Å². The normalized spacial score (nSPS) is 23.7. The Hall–Kier alpha value is 1.09. The van der Waals surface area contributed by atoms with Gasteiger partial charge in [0, 0.05) is 26.2 Å². The predicted octanol–water partition coefficient (Wildman–Crippen LogP) is 2.19. The fourth-order valence-corrected chi connectivity index (χ4v) is 1.99. The maximum absolute atomic E-state index is 11.6. The van der Waals surface area contributed by atoms with Crippen molar-refractivity contribution in [2.45, 2.75) is 13.0 Å². The van der Waals surface area contributed by atoms with Crippen LogP contribution < -0.4 is 0 Å². The van der Waals surface area contributed by atoms with Gasteiger partial charge in [-0.15, -0.1) is 6.54 Å². The summed E-state index contributed by atoms with van der Waals surface area (Å²) in [7, 11) is 21.3. The number of ketones is 1. The molecule has 0 aromatic rings. The van der Waals surface area contributed by atoms with Crippen LogP contribution in [0.4, 0.5) is 0 Å². The third-order valence-electron chi connectivity index (χ3n) is 3.51. The zero-order valence-corrected chi connectivity index (χ0v) is 17.7. The Morgan fingerprint density at radius 3 is 1.82 bits per heavy atom. The summed E-state index contributed by atoms with van der Waals surface area (Å²) >= 11 is -1.92. The number of rotatable bonds is 1. The molecule has 0 N–H and O–H groups in total. The van der Waals surface area contributed by atoms with Gasteiger partial charge in [-0.1, -0.05) is 6.04 Å². The second kappa shape index (κ2) is 13.4. The monoisotopic (exact) mass is 408 g/mol. The van der Waals surface area contributed by atoms with Crippen LogP contribution in [0.5, 0.6) is 0 Å². The molecule has 1 aliphatic heterocycles. The van der Waals surface area contributed by atoms with E-state index in [1.165, 1.54) is 0 Å². The number of nitrogens with zero attached hydrogens (tertiary/aromatic N) is 4. The van der Waals surface area contributed by atoms with Crippen LogP contribution in [0.1, 0.15) is 6.92 Å². The third-order valence-corrected chi connectivity index (χ3v) is 3.51. The molecule has 0 aromatic carbocycles. The van der Waals surface area contributed by atoms with E-state index < -0.39 is 14.7 Å².